The van der Waals surface area contributed by atoms with E-state index in [4.69, 9.17) is 9.47 Å². The monoisotopic (exact) mass is 294 g/mol. The van der Waals surface area contributed by atoms with Crippen molar-refractivity contribution < 1.29 is 24.3 Å². The number of ether oxygens (including phenoxy) is 2. The number of phenols is 1. The van der Waals surface area contributed by atoms with Gasteiger partial charge in [-0.15, -0.1) is 0 Å². The molecule has 0 amide bonds. The van der Waals surface area contributed by atoms with E-state index in [1.807, 2.05) is 19.1 Å². The van der Waals surface area contributed by atoms with Gasteiger partial charge in [0.05, 0.1) is 20.3 Å². The number of quaternary nitrogens is 1. The molecule has 1 aliphatic heterocycles. The standard InChI is InChI=1S/C16H23NO4/c1-3-21-16(19)13-6-4-5-9-17(13)11-12-7-8-14(18)15(10-12)20-2/h7-8,10,13,18H,3-6,9,11H2,1-2H3/p+1/t13-/m1/s1. The molecule has 1 aromatic carbocycles. The Morgan fingerprint density at radius 1 is 1.43 bits per heavy atom. The number of carbonyl (C=O) groups is 1. The van der Waals surface area contributed by atoms with Gasteiger partial charge in [0.25, 0.3) is 0 Å². The Kier molecular flexibility index (Phi) is 5.44. The summed E-state index contributed by atoms with van der Waals surface area (Å²) in [6.07, 6.45) is 3.08. The number of hydrogen-bond donors (Lipinski definition) is 2. The number of methoxy groups -OCH3 is 1. The SMILES string of the molecule is CCOC(=O)[C@H]1CCCC[NH+]1Cc1ccc(O)c(OC)c1. The second-order valence-electron chi connectivity index (χ2n) is 5.39. The molecule has 0 saturated carbocycles. The third kappa shape index (κ3) is 3.88. The second-order valence-corrected chi connectivity index (χ2v) is 5.39. The molecule has 0 aliphatic carbocycles. The van der Waals surface area contributed by atoms with Crippen LogP contribution in [0, 0.1) is 0 Å². The van der Waals surface area contributed by atoms with Crippen LogP contribution in [0.3, 0.4) is 0 Å². The first kappa shape index (κ1) is 15.6. The van der Waals surface area contributed by atoms with Crippen molar-refractivity contribution in [3.05, 3.63) is 23.8 Å². The van der Waals surface area contributed by atoms with Gasteiger partial charge in [-0.1, -0.05) is 0 Å². The molecule has 2 N–H and O–H groups in total. The lowest BCUT2D eigenvalue weighted by Crippen LogP contribution is -3.16. The van der Waals surface area contributed by atoms with Crippen molar-refractivity contribution in [2.24, 2.45) is 0 Å². The average molecular weight is 294 g/mol. The number of carbonyl (C=O) groups excluding carboxylic acids is 1. The van der Waals surface area contributed by atoms with Gasteiger partial charge < -0.3 is 19.5 Å². The molecule has 2 atom stereocenters. The highest BCUT2D eigenvalue weighted by Crippen LogP contribution is 2.26. The maximum Gasteiger partial charge on any atom is 0.364 e. The molecule has 1 aliphatic rings. The Morgan fingerprint density at radius 2 is 2.24 bits per heavy atom. The zero-order chi connectivity index (χ0) is 15.2. The van der Waals surface area contributed by atoms with Crippen LogP contribution in [0.25, 0.3) is 0 Å². The first-order valence-corrected chi connectivity index (χ1v) is 7.52. The first-order valence-electron chi connectivity index (χ1n) is 7.52. The summed E-state index contributed by atoms with van der Waals surface area (Å²) < 4.78 is 10.3. The molecule has 0 radical (unpaired) electrons. The zero-order valence-corrected chi connectivity index (χ0v) is 12.7. The second kappa shape index (κ2) is 7.31. The van der Waals surface area contributed by atoms with Crippen LogP contribution in [0.15, 0.2) is 18.2 Å². The molecule has 2 rings (SSSR count). The summed E-state index contributed by atoms with van der Waals surface area (Å²) in [5.74, 6) is 0.506. The van der Waals surface area contributed by atoms with Gasteiger partial charge in [0.1, 0.15) is 6.54 Å². The fraction of sp³-hybridized carbons (Fsp3) is 0.562. The summed E-state index contributed by atoms with van der Waals surface area (Å²) in [5, 5.41) is 9.65. The minimum Gasteiger partial charge on any atom is -0.504 e. The first-order chi connectivity index (χ1) is 10.2. The van der Waals surface area contributed by atoms with Gasteiger partial charge in [-0.3, -0.25) is 0 Å². The average Bonchev–Trinajstić information content (AvgIpc) is 2.50. The third-order valence-corrected chi connectivity index (χ3v) is 3.98. The van der Waals surface area contributed by atoms with Gasteiger partial charge >= 0.3 is 5.97 Å². The van der Waals surface area contributed by atoms with Gasteiger partial charge in [0.15, 0.2) is 17.5 Å². The smallest absolute Gasteiger partial charge is 0.364 e. The van der Waals surface area contributed by atoms with Crippen molar-refractivity contribution in [1.29, 1.82) is 0 Å². The summed E-state index contributed by atoms with van der Waals surface area (Å²) in [5.41, 5.74) is 1.05. The number of esters is 1. The van der Waals surface area contributed by atoms with Crippen LogP contribution in [0.2, 0.25) is 0 Å². The summed E-state index contributed by atoms with van der Waals surface area (Å²) in [4.78, 5) is 13.3. The molecule has 0 spiro atoms. The summed E-state index contributed by atoms with van der Waals surface area (Å²) in [7, 11) is 1.54. The van der Waals surface area contributed by atoms with Crippen molar-refractivity contribution >= 4 is 5.97 Å². The van der Waals surface area contributed by atoms with E-state index in [-0.39, 0.29) is 17.8 Å². The number of nitrogens with one attached hydrogen (secondary N) is 1. The lowest BCUT2D eigenvalue weighted by Gasteiger charge is -2.31. The van der Waals surface area contributed by atoms with Gasteiger partial charge in [-0.05, 0) is 38.0 Å². The van der Waals surface area contributed by atoms with Gasteiger partial charge in [0.2, 0.25) is 0 Å². The topological polar surface area (TPSA) is 60.2 Å². The Hall–Kier alpha value is -1.75. The molecule has 1 saturated heterocycles. The molecule has 0 bridgehead atoms. The molecule has 0 aromatic heterocycles. The zero-order valence-electron chi connectivity index (χ0n) is 12.7. The number of aromatic hydroxyl groups is 1. The van der Waals surface area contributed by atoms with E-state index < -0.39 is 0 Å². The van der Waals surface area contributed by atoms with Crippen LogP contribution in [0.5, 0.6) is 11.5 Å². The molecule has 5 nitrogen and oxygen atoms in total. The molecule has 1 aromatic rings. The minimum absolute atomic E-state index is 0.0847. The van der Waals surface area contributed by atoms with Crippen molar-refractivity contribution in [3.63, 3.8) is 0 Å². The van der Waals surface area contributed by atoms with Crippen molar-refractivity contribution in [1.82, 2.24) is 0 Å². The molecule has 1 heterocycles. The van der Waals surface area contributed by atoms with Crippen LogP contribution < -0.4 is 9.64 Å². The fourth-order valence-electron chi connectivity index (χ4n) is 2.91. The van der Waals surface area contributed by atoms with E-state index in [9.17, 15) is 9.90 Å². The highest BCUT2D eigenvalue weighted by molar-refractivity contribution is 5.74. The van der Waals surface area contributed by atoms with Crippen molar-refractivity contribution in [3.8, 4) is 11.5 Å². The maximum absolute atomic E-state index is 12.1. The maximum atomic E-state index is 12.1. The van der Waals surface area contributed by atoms with E-state index in [1.165, 1.54) is 12.0 Å². The third-order valence-electron chi connectivity index (χ3n) is 3.98. The number of phenolic OH excluding ortho intramolecular Hbond substituents is 1. The minimum atomic E-state index is -0.0991. The van der Waals surface area contributed by atoms with Gasteiger partial charge in [-0.25, -0.2) is 4.79 Å². The lowest BCUT2D eigenvalue weighted by molar-refractivity contribution is -0.935. The van der Waals surface area contributed by atoms with Crippen LogP contribution in [0.1, 0.15) is 31.7 Å². The predicted octanol–water partition coefficient (Wildman–Crippen LogP) is 0.901. The molecule has 21 heavy (non-hydrogen) atoms. The fourth-order valence-corrected chi connectivity index (χ4v) is 2.91. The highest BCUT2D eigenvalue weighted by Gasteiger charge is 2.33. The lowest BCUT2D eigenvalue weighted by atomic mass is 10.0. The molecule has 1 fully saturated rings. The van der Waals surface area contributed by atoms with Gasteiger partial charge in [0, 0.05) is 12.0 Å². The molecule has 116 valence electrons. The van der Waals surface area contributed by atoms with Gasteiger partial charge in [-0.2, -0.15) is 0 Å². The Bertz CT molecular complexity index is 489. The van der Waals surface area contributed by atoms with Crippen molar-refractivity contribution in [2.45, 2.75) is 38.8 Å². The summed E-state index contributed by atoms with van der Waals surface area (Å²) >= 11 is 0. The quantitative estimate of drug-likeness (QED) is 0.792. The summed E-state index contributed by atoms with van der Waals surface area (Å²) in [6, 6.07) is 5.26. The number of likely N-dealkylation sites (tertiary alicyclic amines) is 1. The van der Waals surface area contributed by atoms with E-state index in [1.54, 1.807) is 6.07 Å². The molecule has 5 heteroatoms. The van der Waals surface area contributed by atoms with Crippen LogP contribution in [-0.4, -0.2) is 37.4 Å². The van der Waals surface area contributed by atoms with E-state index in [0.29, 0.717) is 12.4 Å². The molecular formula is C16H24NO4+. The van der Waals surface area contributed by atoms with E-state index >= 15 is 0 Å². The number of benzene rings is 1. The Morgan fingerprint density at radius 3 is 2.95 bits per heavy atom. The normalized spacial score (nSPS) is 21.8. The number of hydrogen-bond acceptors (Lipinski definition) is 4. The molecule has 1 unspecified atom stereocenters. The van der Waals surface area contributed by atoms with Crippen molar-refractivity contribution in [2.75, 3.05) is 20.3 Å². The summed E-state index contributed by atoms with van der Waals surface area (Å²) in [6.45, 7) is 3.97. The van der Waals surface area contributed by atoms with E-state index in [2.05, 4.69) is 0 Å². The Labute approximate surface area is 125 Å². The number of piperidine rings is 1. The van der Waals surface area contributed by atoms with Crippen LogP contribution >= 0.6 is 0 Å². The molecular weight excluding hydrogens is 270 g/mol. The highest BCUT2D eigenvalue weighted by atomic mass is 16.5. The van der Waals surface area contributed by atoms with Crippen LogP contribution in [0.4, 0.5) is 0 Å². The largest absolute Gasteiger partial charge is 0.504 e. The van der Waals surface area contributed by atoms with E-state index in [0.717, 1.165) is 37.9 Å². The number of rotatable bonds is 5. The Balaban J connectivity index is 2.10. The predicted molar refractivity (Wildman–Crippen MR) is 78.5 cm³/mol. The van der Waals surface area contributed by atoms with Crippen LogP contribution in [-0.2, 0) is 16.1 Å².